The summed E-state index contributed by atoms with van der Waals surface area (Å²) in [7, 11) is 0. The number of anilines is 2. The maximum Gasteiger partial charge on any atom is 0.310 e. The number of fused-ring (bicyclic) bond motifs is 1. The largest absolute Gasteiger partial charge is 0.466 e. The standard InChI is InChI=1S/C16H20N4O2/c1-2-22-15(21)11-6-5-9-20(10-11)16-18-13-8-4-3-7-12(13)14(17)19-16/h3-4,7-8,11H,2,5-6,9-10H2,1H3,(H2,17,18,19)/t11-/m1/s1. The van der Waals surface area contributed by atoms with Crippen LogP contribution < -0.4 is 10.6 Å². The highest BCUT2D eigenvalue weighted by molar-refractivity contribution is 5.88. The van der Waals surface area contributed by atoms with Gasteiger partial charge < -0.3 is 15.4 Å². The molecule has 3 rings (SSSR count). The molecule has 0 aliphatic carbocycles. The molecule has 0 amide bonds. The van der Waals surface area contributed by atoms with Crippen molar-refractivity contribution < 1.29 is 9.53 Å². The Balaban J connectivity index is 1.85. The van der Waals surface area contributed by atoms with Crippen molar-refractivity contribution in [3.8, 4) is 0 Å². The second kappa shape index (κ2) is 6.17. The third-order valence-electron chi connectivity index (χ3n) is 3.95. The van der Waals surface area contributed by atoms with E-state index in [1.54, 1.807) is 0 Å². The lowest BCUT2D eigenvalue weighted by Crippen LogP contribution is -2.40. The topological polar surface area (TPSA) is 81.3 Å². The van der Waals surface area contributed by atoms with Gasteiger partial charge in [0.05, 0.1) is 18.0 Å². The van der Waals surface area contributed by atoms with Crippen LogP contribution in [0.3, 0.4) is 0 Å². The summed E-state index contributed by atoms with van der Waals surface area (Å²) >= 11 is 0. The Morgan fingerprint density at radius 3 is 3.05 bits per heavy atom. The molecule has 0 bridgehead atoms. The molecule has 1 aromatic carbocycles. The van der Waals surface area contributed by atoms with Gasteiger partial charge in [-0.2, -0.15) is 4.98 Å². The summed E-state index contributed by atoms with van der Waals surface area (Å²) in [6.07, 6.45) is 1.76. The number of esters is 1. The molecule has 0 unspecified atom stereocenters. The molecule has 1 aromatic heterocycles. The Morgan fingerprint density at radius 2 is 2.23 bits per heavy atom. The molecule has 22 heavy (non-hydrogen) atoms. The second-order valence-electron chi connectivity index (χ2n) is 5.46. The molecule has 2 heterocycles. The van der Waals surface area contributed by atoms with E-state index in [1.807, 2.05) is 36.1 Å². The third kappa shape index (κ3) is 2.81. The summed E-state index contributed by atoms with van der Waals surface area (Å²) in [6, 6.07) is 7.67. The molecule has 2 aromatic rings. The van der Waals surface area contributed by atoms with Gasteiger partial charge in [0.2, 0.25) is 5.95 Å². The van der Waals surface area contributed by atoms with E-state index >= 15 is 0 Å². The summed E-state index contributed by atoms with van der Waals surface area (Å²) in [5, 5.41) is 0.852. The molecule has 116 valence electrons. The number of benzene rings is 1. The van der Waals surface area contributed by atoms with Gasteiger partial charge in [0.1, 0.15) is 5.82 Å². The number of aromatic nitrogens is 2. The number of piperidine rings is 1. The lowest BCUT2D eigenvalue weighted by Gasteiger charge is -2.31. The lowest BCUT2D eigenvalue weighted by atomic mass is 9.98. The van der Waals surface area contributed by atoms with E-state index in [9.17, 15) is 4.79 Å². The number of rotatable bonds is 3. The zero-order valence-electron chi connectivity index (χ0n) is 12.7. The molecule has 1 atom stereocenters. The molecular formula is C16H20N4O2. The average Bonchev–Trinajstić information content (AvgIpc) is 2.55. The average molecular weight is 300 g/mol. The monoisotopic (exact) mass is 300 g/mol. The number of nitrogens with zero attached hydrogens (tertiary/aromatic N) is 3. The second-order valence-corrected chi connectivity index (χ2v) is 5.46. The zero-order valence-corrected chi connectivity index (χ0v) is 12.7. The fourth-order valence-electron chi connectivity index (χ4n) is 2.84. The van der Waals surface area contributed by atoms with Gasteiger partial charge in [-0.3, -0.25) is 4.79 Å². The third-order valence-corrected chi connectivity index (χ3v) is 3.95. The van der Waals surface area contributed by atoms with E-state index in [1.165, 1.54) is 0 Å². The van der Waals surface area contributed by atoms with Crippen molar-refractivity contribution in [3.05, 3.63) is 24.3 Å². The first kappa shape index (κ1) is 14.6. The van der Waals surface area contributed by atoms with Crippen LogP contribution in [0.4, 0.5) is 11.8 Å². The van der Waals surface area contributed by atoms with E-state index in [-0.39, 0.29) is 11.9 Å². The normalized spacial score (nSPS) is 18.4. The number of nitrogens with two attached hydrogens (primary N) is 1. The first-order valence-electron chi connectivity index (χ1n) is 7.63. The van der Waals surface area contributed by atoms with Crippen molar-refractivity contribution >= 4 is 28.6 Å². The zero-order chi connectivity index (χ0) is 15.5. The maximum atomic E-state index is 11.9. The minimum absolute atomic E-state index is 0.120. The van der Waals surface area contributed by atoms with E-state index in [2.05, 4.69) is 9.97 Å². The van der Waals surface area contributed by atoms with Crippen LogP contribution in [0.2, 0.25) is 0 Å². The van der Waals surface area contributed by atoms with E-state index < -0.39 is 0 Å². The van der Waals surface area contributed by atoms with Crippen molar-refractivity contribution in [2.45, 2.75) is 19.8 Å². The van der Waals surface area contributed by atoms with E-state index in [0.29, 0.717) is 24.9 Å². The van der Waals surface area contributed by atoms with Crippen molar-refractivity contribution in [2.75, 3.05) is 30.3 Å². The number of hydrogen-bond acceptors (Lipinski definition) is 6. The number of ether oxygens (including phenoxy) is 1. The highest BCUT2D eigenvalue weighted by atomic mass is 16.5. The molecule has 6 heteroatoms. The van der Waals surface area contributed by atoms with Crippen LogP contribution >= 0.6 is 0 Å². The first-order chi connectivity index (χ1) is 10.7. The van der Waals surface area contributed by atoms with Crippen molar-refractivity contribution in [1.29, 1.82) is 0 Å². The maximum absolute atomic E-state index is 11.9. The smallest absolute Gasteiger partial charge is 0.310 e. The molecule has 1 aliphatic rings. The SMILES string of the molecule is CCOC(=O)[C@@H]1CCCN(c2nc(N)c3ccccc3n2)C1. The molecular weight excluding hydrogens is 280 g/mol. The van der Waals surface area contributed by atoms with E-state index in [4.69, 9.17) is 10.5 Å². The molecule has 6 nitrogen and oxygen atoms in total. The Hall–Kier alpha value is -2.37. The Morgan fingerprint density at radius 1 is 1.41 bits per heavy atom. The predicted molar refractivity (Wildman–Crippen MR) is 85.5 cm³/mol. The van der Waals surface area contributed by atoms with Gasteiger partial charge in [0.25, 0.3) is 0 Å². The van der Waals surface area contributed by atoms with Gasteiger partial charge in [-0.1, -0.05) is 12.1 Å². The molecule has 0 saturated carbocycles. The molecule has 0 radical (unpaired) electrons. The summed E-state index contributed by atoms with van der Waals surface area (Å²) in [5.74, 6) is 0.801. The predicted octanol–water partition coefficient (Wildman–Crippen LogP) is 1.99. The van der Waals surface area contributed by atoms with Crippen LogP contribution in [0.25, 0.3) is 10.9 Å². The van der Waals surface area contributed by atoms with Crippen molar-refractivity contribution in [2.24, 2.45) is 5.92 Å². The van der Waals surface area contributed by atoms with Crippen LogP contribution in [0.5, 0.6) is 0 Å². The molecule has 0 spiro atoms. The van der Waals surface area contributed by atoms with Gasteiger partial charge in [0, 0.05) is 18.5 Å². The summed E-state index contributed by atoms with van der Waals surface area (Å²) in [4.78, 5) is 22.9. The quantitative estimate of drug-likeness (QED) is 0.873. The highest BCUT2D eigenvalue weighted by Gasteiger charge is 2.28. The van der Waals surface area contributed by atoms with Gasteiger partial charge in [-0.05, 0) is 31.9 Å². The van der Waals surface area contributed by atoms with Gasteiger partial charge in [-0.25, -0.2) is 4.98 Å². The molecule has 1 fully saturated rings. The number of carbonyl (C=O) groups is 1. The molecule has 1 saturated heterocycles. The number of para-hydroxylation sites is 1. The fraction of sp³-hybridized carbons (Fsp3) is 0.438. The minimum atomic E-state index is -0.138. The van der Waals surface area contributed by atoms with Gasteiger partial charge in [-0.15, -0.1) is 0 Å². The van der Waals surface area contributed by atoms with E-state index in [0.717, 1.165) is 30.3 Å². The Bertz CT molecular complexity index is 689. The molecule has 1 aliphatic heterocycles. The van der Waals surface area contributed by atoms with Gasteiger partial charge in [0.15, 0.2) is 0 Å². The first-order valence-corrected chi connectivity index (χ1v) is 7.63. The summed E-state index contributed by atoms with van der Waals surface area (Å²) in [6.45, 7) is 3.64. The number of carbonyl (C=O) groups excluding carboxylic acids is 1. The Kier molecular flexibility index (Phi) is 4.09. The van der Waals surface area contributed by atoms with Crippen LogP contribution in [-0.4, -0.2) is 35.6 Å². The minimum Gasteiger partial charge on any atom is -0.466 e. The van der Waals surface area contributed by atoms with Crippen LogP contribution in [0, 0.1) is 5.92 Å². The van der Waals surface area contributed by atoms with Crippen molar-refractivity contribution in [1.82, 2.24) is 9.97 Å². The lowest BCUT2D eigenvalue weighted by molar-refractivity contribution is -0.148. The van der Waals surface area contributed by atoms with Crippen LogP contribution in [-0.2, 0) is 9.53 Å². The van der Waals surface area contributed by atoms with Gasteiger partial charge >= 0.3 is 5.97 Å². The summed E-state index contributed by atoms with van der Waals surface area (Å²) < 4.78 is 5.13. The molecule has 2 N–H and O–H groups in total. The fourth-order valence-corrected chi connectivity index (χ4v) is 2.84. The number of hydrogen-bond donors (Lipinski definition) is 1. The van der Waals surface area contributed by atoms with Crippen molar-refractivity contribution in [3.63, 3.8) is 0 Å². The van der Waals surface area contributed by atoms with Crippen LogP contribution in [0.1, 0.15) is 19.8 Å². The number of nitrogen functional groups attached to an aromatic ring is 1. The van der Waals surface area contributed by atoms with Crippen LogP contribution in [0.15, 0.2) is 24.3 Å². The Labute approximate surface area is 129 Å². The highest BCUT2D eigenvalue weighted by Crippen LogP contribution is 2.25. The summed E-state index contributed by atoms with van der Waals surface area (Å²) in [5.41, 5.74) is 6.86.